The van der Waals surface area contributed by atoms with Crippen LogP contribution in [0.1, 0.15) is 54.6 Å². The Bertz CT molecular complexity index is 1680. The van der Waals surface area contributed by atoms with Gasteiger partial charge in [0, 0.05) is 29.7 Å². The molecule has 0 bridgehead atoms. The summed E-state index contributed by atoms with van der Waals surface area (Å²) in [6, 6.07) is 16.3. The van der Waals surface area contributed by atoms with E-state index in [2.05, 4.69) is 15.5 Å². The zero-order valence-electron chi connectivity index (χ0n) is 23.4. The van der Waals surface area contributed by atoms with Crippen LogP contribution >= 0.6 is 11.6 Å². The second-order valence-corrected chi connectivity index (χ2v) is 12.0. The van der Waals surface area contributed by atoms with E-state index in [-0.39, 0.29) is 17.9 Å². The highest BCUT2D eigenvalue weighted by Gasteiger charge is 2.43. The molecule has 10 heteroatoms. The van der Waals surface area contributed by atoms with Crippen LogP contribution in [-0.4, -0.2) is 46.1 Å². The van der Waals surface area contributed by atoms with Gasteiger partial charge in [0.15, 0.2) is 11.5 Å². The molecule has 1 aromatic heterocycles. The number of benzene rings is 3. The maximum absolute atomic E-state index is 14.8. The number of nitrogens with two attached hydrogens (primary N) is 1. The zero-order valence-corrected chi connectivity index (χ0v) is 24.2. The van der Waals surface area contributed by atoms with Crippen molar-refractivity contribution in [1.82, 2.24) is 14.5 Å². The number of nitrogens with zero attached hydrogens (tertiary/aromatic N) is 3. The van der Waals surface area contributed by atoms with Crippen molar-refractivity contribution in [3.05, 3.63) is 88.0 Å². The first-order valence-corrected chi connectivity index (χ1v) is 14.8. The third-order valence-corrected chi connectivity index (χ3v) is 8.98. The number of aromatic nitrogens is 2. The van der Waals surface area contributed by atoms with Gasteiger partial charge in [-0.25, -0.2) is 9.37 Å². The van der Waals surface area contributed by atoms with Crippen LogP contribution in [0.2, 0.25) is 5.02 Å². The fourth-order valence-corrected chi connectivity index (χ4v) is 6.50. The van der Waals surface area contributed by atoms with E-state index in [9.17, 15) is 4.39 Å². The molecule has 8 nitrogen and oxygen atoms in total. The molecule has 2 atom stereocenters. The lowest BCUT2D eigenvalue weighted by molar-refractivity contribution is -0.0712. The van der Waals surface area contributed by atoms with Crippen LogP contribution in [0.15, 0.2) is 54.6 Å². The molecule has 2 fully saturated rings. The summed E-state index contributed by atoms with van der Waals surface area (Å²) >= 11 is 5.98. The van der Waals surface area contributed by atoms with Crippen molar-refractivity contribution in [3.63, 3.8) is 0 Å². The van der Waals surface area contributed by atoms with E-state index < -0.39 is 11.6 Å². The third kappa shape index (κ3) is 4.89. The molecule has 0 aliphatic carbocycles. The Morgan fingerprint density at radius 2 is 1.93 bits per heavy atom. The molecule has 3 aromatic carbocycles. The number of hydrogen-bond acceptors (Lipinski definition) is 6. The fraction of sp³-hybridized carbons (Fsp3) is 0.375. The average molecular weight is 590 g/mol. The summed E-state index contributed by atoms with van der Waals surface area (Å²) in [5.41, 5.74) is 9.72. The van der Waals surface area contributed by atoms with Crippen LogP contribution in [-0.2, 0) is 23.6 Å². The number of ether oxygens (including phenoxy) is 3. The van der Waals surface area contributed by atoms with Gasteiger partial charge in [0.2, 0.25) is 0 Å². The highest BCUT2D eigenvalue weighted by molar-refractivity contribution is 6.30. The first-order valence-electron chi connectivity index (χ1n) is 14.4. The van der Waals surface area contributed by atoms with Crippen molar-refractivity contribution >= 4 is 28.5 Å². The van der Waals surface area contributed by atoms with Gasteiger partial charge in [0.25, 0.3) is 5.79 Å². The molecule has 42 heavy (non-hydrogen) atoms. The molecule has 0 spiro atoms. The van der Waals surface area contributed by atoms with Gasteiger partial charge in [0.05, 0.1) is 35.8 Å². The Labute approximate surface area is 248 Å². The molecule has 0 saturated carbocycles. The van der Waals surface area contributed by atoms with Crippen molar-refractivity contribution in [2.45, 2.75) is 57.1 Å². The average Bonchev–Trinajstić information content (AvgIpc) is 3.47. The summed E-state index contributed by atoms with van der Waals surface area (Å²) < 4.78 is 35.4. The fourth-order valence-electron chi connectivity index (χ4n) is 6.34. The molecule has 3 aliphatic heterocycles. The number of fused-ring (bicyclic) bond motifs is 2. The van der Waals surface area contributed by atoms with Crippen LogP contribution in [0, 0.1) is 11.2 Å². The van der Waals surface area contributed by atoms with Gasteiger partial charge in [-0.1, -0.05) is 23.7 Å². The lowest BCUT2D eigenvalue weighted by Gasteiger charge is -2.33. The molecule has 3 N–H and O–H groups in total. The Morgan fingerprint density at radius 3 is 2.64 bits per heavy atom. The first-order chi connectivity index (χ1) is 20.3. The van der Waals surface area contributed by atoms with Crippen molar-refractivity contribution in [3.8, 4) is 11.5 Å². The predicted molar refractivity (Wildman–Crippen MR) is 159 cm³/mol. The Kier molecular flexibility index (Phi) is 6.84. The number of halogens is 2. The van der Waals surface area contributed by atoms with Crippen LogP contribution < -0.4 is 15.2 Å². The van der Waals surface area contributed by atoms with Crippen molar-refractivity contribution < 1.29 is 18.6 Å². The Morgan fingerprint density at radius 1 is 1.12 bits per heavy atom. The molecule has 1 unspecified atom stereocenters. The SMILES string of the molecule is CC1(c2ccc(Cl)cc2F)Oc2cccc(C3CCN(Cc4nc5cc(C(=N)N)ccc5n4C[C@@H]4CCO4)CC3)c2O1. The maximum atomic E-state index is 14.8. The topological polar surface area (TPSA) is 98.6 Å². The maximum Gasteiger partial charge on any atom is 0.278 e. The smallest absolute Gasteiger partial charge is 0.278 e. The second kappa shape index (κ2) is 10.6. The Balaban J connectivity index is 1.08. The molecular weight excluding hydrogens is 557 g/mol. The minimum Gasteiger partial charge on any atom is -0.444 e. The van der Waals surface area contributed by atoms with Gasteiger partial charge in [0.1, 0.15) is 17.5 Å². The number of likely N-dealkylation sites (tertiary alicyclic amines) is 1. The predicted octanol–water partition coefficient (Wildman–Crippen LogP) is 5.93. The van der Waals surface area contributed by atoms with E-state index >= 15 is 0 Å². The van der Waals surface area contributed by atoms with E-state index in [0.29, 0.717) is 27.6 Å². The number of hydrogen-bond donors (Lipinski definition) is 2. The van der Waals surface area contributed by atoms with E-state index in [4.69, 9.17) is 41.9 Å². The molecule has 218 valence electrons. The number of rotatable bonds is 7. The van der Waals surface area contributed by atoms with Crippen molar-refractivity contribution in [2.75, 3.05) is 19.7 Å². The standard InChI is InChI=1S/C32H33ClFN5O3/c1-32(24-7-6-21(33)16-25(24)34)41-28-4-2-3-23(30(28)42-32)19-9-12-38(13-10-19)18-29-37-26-15-20(31(35)36)5-8-27(26)39(29)17-22-11-14-40-22/h2-8,15-16,19,22H,9-14,17-18H2,1H3,(H3,35,36)/t22-,32?/m0/s1. The largest absolute Gasteiger partial charge is 0.444 e. The number of para-hydroxylation sites is 1. The third-order valence-electron chi connectivity index (χ3n) is 8.74. The number of imidazole rings is 1. The van der Waals surface area contributed by atoms with E-state index in [1.54, 1.807) is 19.1 Å². The van der Waals surface area contributed by atoms with Crippen molar-refractivity contribution in [2.24, 2.45) is 5.73 Å². The monoisotopic (exact) mass is 589 g/mol. The summed E-state index contributed by atoms with van der Waals surface area (Å²) in [7, 11) is 0. The quantitative estimate of drug-likeness (QED) is 0.205. The van der Waals surface area contributed by atoms with Gasteiger partial charge < -0.3 is 24.5 Å². The van der Waals surface area contributed by atoms with Gasteiger partial charge in [-0.15, -0.1) is 0 Å². The molecule has 7 rings (SSSR count). The number of nitrogen functional groups attached to an aromatic ring is 1. The lowest BCUT2D eigenvalue weighted by atomic mass is 9.88. The van der Waals surface area contributed by atoms with Gasteiger partial charge in [-0.05, 0) is 80.7 Å². The van der Waals surface area contributed by atoms with E-state index in [1.807, 2.05) is 30.3 Å². The van der Waals surface area contributed by atoms with Gasteiger partial charge in [-0.3, -0.25) is 10.3 Å². The number of amidine groups is 1. The van der Waals surface area contributed by atoms with Gasteiger partial charge in [-0.2, -0.15) is 0 Å². The number of piperidine rings is 1. The molecule has 0 radical (unpaired) electrons. The highest BCUT2D eigenvalue weighted by Crippen LogP contribution is 2.49. The van der Waals surface area contributed by atoms with Gasteiger partial charge >= 0.3 is 0 Å². The van der Waals surface area contributed by atoms with E-state index in [0.717, 1.165) is 74.5 Å². The number of nitrogens with one attached hydrogen (secondary N) is 1. The summed E-state index contributed by atoms with van der Waals surface area (Å²) in [6.07, 6.45) is 3.15. The summed E-state index contributed by atoms with van der Waals surface area (Å²) in [5, 5.41) is 8.15. The zero-order chi connectivity index (χ0) is 29.0. The molecule has 4 heterocycles. The first kappa shape index (κ1) is 27.2. The highest BCUT2D eigenvalue weighted by atomic mass is 35.5. The molecular formula is C32H33ClFN5O3. The molecule has 4 aromatic rings. The minimum atomic E-state index is -1.26. The second-order valence-electron chi connectivity index (χ2n) is 11.5. The molecule has 2 saturated heterocycles. The Hall–Kier alpha value is -3.66. The normalized spacial score (nSPS) is 22.4. The molecule has 3 aliphatic rings. The van der Waals surface area contributed by atoms with Crippen LogP contribution in [0.4, 0.5) is 4.39 Å². The summed E-state index contributed by atoms with van der Waals surface area (Å²) in [4.78, 5) is 7.42. The van der Waals surface area contributed by atoms with Crippen molar-refractivity contribution in [1.29, 1.82) is 5.41 Å². The minimum absolute atomic E-state index is 0.0396. The lowest BCUT2D eigenvalue weighted by Crippen LogP contribution is -2.35. The summed E-state index contributed by atoms with van der Waals surface area (Å²) in [6.45, 7) is 5.85. The summed E-state index contributed by atoms with van der Waals surface area (Å²) in [5.74, 6) is 0.924. The van der Waals surface area contributed by atoms with E-state index in [1.165, 1.54) is 6.07 Å². The van der Waals surface area contributed by atoms with Crippen LogP contribution in [0.25, 0.3) is 11.0 Å². The van der Waals surface area contributed by atoms with Crippen LogP contribution in [0.5, 0.6) is 11.5 Å². The van der Waals surface area contributed by atoms with Crippen LogP contribution in [0.3, 0.4) is 0 Å². The molecule has 0 amide bonds.